The van der Waals surface area contributed by atoms with E-state index in [9.17, 15) is 57.5 Å². The number of carbonyl (C=O) groups is 12. The number of aryl methyl sites for hydroxylation is 1. The molecule has 2 heterocycles. The molecule has 1 aromatic heterocycles. The fourth-order valence-corrected chi connectivity index (χ4v) is 13.9. The van der Waals surface area contributed by atoms with E-state index in [0.29, 0.717) is 63.7 Å². The Balaban J connectivity index is 0.000000581. The number of anilines is 1. The van der Waals surface area contributed by atoms with Gasteiger partial charge in [-0.05, 0) is 142 Å². The lowest BCUT2D eigenvalue weighted by Crippen LogP contribution is -2.62. The van der Waals surface area contributed by atoms with Crippen molar-refractivity contribution >= 4 is 88.1 Å². The summed E-state index contributed by atoms with van der Waals surface area (Å²) in [6.07, 6.45) is 4.92. The number of rotatable bonds is 44. The number of hydrogen-bond acceptors (Lipinski definition) is 18. The maximum Gasteiger partial charge on any atom is 0.407 e. The van der Waals surface area contributed by atoms with Crippen molar-refractivity contribution in [1.82, 2.24) is 62.6 Å². The molecule has 0 bridgehead atoms. The first kappa shape index (κ1) is 97.6. The van der Waals surface area contributed by atoms with Crippen molar-refractivity contribution in [2.45, 2.75) is 280 Å². The Labute approximate surface area is 668 Å². The number of nitrogens with one attached hydrogen (secondary N) is 10. The van der Waals surface area contributed by atoms with E-state index in [1.54, 1.807) is 70.0 Å². The standard InChI is InChI=1S/C42H66N6O8S.C40H68N8O7/c1-12-27(5)35(47(9)39(51)34(26(3)4)45-40(52)42(7,8)46-41(53)56-13-2)32(54-10)25-33(49)48-22-17-20-31(48)36(55-11)28(6)37(50)44-30(38-43-21-23-57-38)24-29-18-15-14-16-19-29;1-11-31(49)45-29(15-12-13-23-42-32(50)22-21-28(48-40(8,9)10)34(51)39(5,6)7)36(53)47-33(25(2)3)37(54)46-30(16-14-24-43-38(41)55)35(52)44-27-19-17-26(4)18-20-27/h14-16,18-19,21,23,26-28,30-32,34-36H,12-13,17,20,22,24-25H2,1-11H3,(H,44,50)(H,45,52)(H,46,53);17-20,25,28-30,33,48H,11-16,21-24H2,1-10H3,(H,42,50)(H,44,52)(H,45,49)(H,46,54)(H,47,53)(H3,41,43,55)/t27-,28+,30-,31-,32+,34-,35-,36+;28-,29+,30+,33+/m01/s1. The minimum absolute atomic E-state index is 0.00493. The number of hydrogen-bond donors (Lipinski definition) is 11. The Morgan fingerprint density at radius 1 is 0.688 bits per heavy atom. The molecule has 12 atom stereocenters. The predicted molar refractivity (Wildman–Crippen MR) is 435 cm³/mol. The third kappa shape index (κ3) is 33.2. The second-order valence-corrected chi connectivity index (χ2v) is 33.3. The molecular formula is C82H134N14O15S. The highest BCUT2D eigenvalue weighted by molar-refractivity contribution is 7.09. The van der Waals surface area contributed by atoms with Crippen LogP contribution in [0, 0.1) is 36.0 Å². The Hall–Kier alpha value is -8.61. The average molecular weight is 1590 g/mol. The van der Waals surface area contributed by atoms with Gasteiger partial charge in [-0.3, -0.25) is 47.9 Å². The van der Waals surface area contributed by atoms with Crippen LogP contribution < -0.4 is 58.9 Å². The topological polar surface area (TPSA) is 398 Å². The molecule has 628 valence electrons. The summed E-state index contributed by atoms with van der Waals surface area (Å²) in [7, 11) is 4.79. The molecule has 0 spiro atoms. The number of methoxy groups -OCH3 is 2. The number of alkyl carbamates (subject to hydrolysis) is 1. The molecule has 0 aliphatic carbocycles. The number of likely N-dealkylation sites (N-methyl/N-ethyl adjacent to an activating group) is 1. The molecule has 0 unspecified atom stereocenters. The summed E-state index contributed by atoms with van der Waals surface area (Å²) in [6, 6.07) is 10.9. The number of thiazole rings is 1. The minimum Gasteiger partial charge on any atom is -0.450 e. The van der Waals surface area contributed by atoms with Gasteiger partial charge in [-0.2, -0.15) is 0 Å². The van der Waals surface area contributed by atoms with Gasteiger partial charge in [-0.25, -0.2) is 14.6 Å². The quantitative estimate of drug-likeness (QED) is 0.0236. The predicted octanol–water partition coefficient (Wildman–Crippen LogP) is 8.47. The largest absolute Gasteiger partial charge is 0.450 e. The summed E-state index contributed by atoms with van der Waals surface area (Å²) in [6.45, 7) is 34.1. The number of nitrogens with two attached hydrogens (primary N) is 1. The van der Waals surface area contributed by atoms with Crippen molar-refractivity contribution < 1.29 is 71.7 Å². The van der Waals surface area contributed by atoms with E-state index in [0.717, 1.165) is 22.6 Å². The zero-order chi connectivity index (χ0) is 84.4. The van der Waals surface area contributed by atoms with Crippen LogP contribution in [0.4, 0.5) is 15.3 Å². The second kappa shape index (κ2) is 47.8. The first-order chi connectivity index (χ1) is 52.5. The number of primary amides is 1. The lowest BCUT2D eigenvalue weighted by molar-refractivity contribution is -0.148. The molecule has 112 heavy (non-hydrogen) atoms. The third-order valence-corrected chi connectivity index (χ3v) is 20.7. The third-order valence-electron chi connectivity index (χ3n) is 19.8. The lowest BCUT2D eigenvalue weighted by atomic mass is 9.84. The molecule has 2 aromatic carbocycles. The highest BCUT2D eigenvalue weighted by atomic mass is 32.1. The maximum absolute atomic E-state index is 14.3. The van der Waals surface area contributed by atoms with Gasteiger partial charge in [0.15, 0.2) is 5.78 Å². The Morgan fingerprint density at radius 3 is 1.87 bits per heavy atom. The summed E-state index contributed by atoms with van der Waals surface area (Å²) >= 11 is 1.49. The molecule has 1 fully saturated rings. The van der Waals surface area contributed by atoms with E-state index in [-0.39, 0.29) is 116 Å². The monoisotopic (exact) mass is 1590 g/mol. The van der Waals surface area contributed by atoms with Gasteiger partial charge in [0.25, 0.3) is 0 Å². The van der Waals surface area contributed by atoms with Crippen LogP contribution in [-0.4, -0.2) is 199 Å². The number of ketones is 1. The van der Waals surface area contributed by atoms with Crippen LogP contribution in [0.2, 0.25) is 0 Å². The van der Waals surface area contributed by atoms with Gasteiger partial charge < -0.3 is 82.9 Å². The van der Waals surface area contributed by atoms with Gasteiger partial charge >= 0.3 is 12.1 Å². The smallest absolute Gasteiger partial charge is 0.407 e. The van der Waals surface area contributed by atoms with Crippen molar-refractivity contribution in [3.8, 4) is 0 Å². The van der Waals surface area contributed by atoms with Gasteiger partial charge in [0.2, 0.25) is 53.2 Å². The van der Waals surface area contributed by atoms with E-state index in [2.05, 4.69) is 58.2 Å². The summed E-state index contributed by atoms with van der Waals surface area (Å²) in [4.78, 5) is 166. The molecular weight excluding hydrogens is 1450 g/mol. The molecule has 12 N–H and O–H groups in total. The van der Waals surface area contributed by atoms with Gasteiger partial charge in [-0.15, -0.1) is 11.3 Å². The Bertz CT molecular complexity index is 3480. The lowest BCUT2D eigenvalue weighted by Gasteiger charge is -2.41. The molecule has 4 rings (SSSR count). The van der Waals surface area contributed by atoms with Crippen LogP contribution in [0.1, 0.15) is 217 Å². The van der Waals surface area contributed by atoms with Crippen LogP contribution in [0.25, 0.3) is 0 Å². The number of nitrogens with zero attached hydrogens (tertiary/aromatic N) is 3. The normalized spacial score (nSPS) is 16.0. The number of unbranched alkanes of at least 4 members (excludes halogenated alkanes) is 1. The summed E-state index contributed by atoms with van der Waals surface area (Å²) in [5.74, 6) is -4.62. The number of urea groups is 1. The van der Waals surface area contributed by atoms with Crippen molar-refractivity contribution in [3.05, 3.63) is 82.3 Å². The maximum atomic E-state index is 14.3. The number of aromatic nitrogens is 1. The van der Waals surface area contributed by atoms with Crippen LogP contribution in [0.5, 0.6) is 0 Å². The van der Waals surface area contributed by atoms with E-state index >= 15 is 0 Å². The van der Waals surface area contributed by atoms with Gasteiger partial charge in [0.05, 0.1) is 55.3 Å². The molecule has 12 amide bonds. The first-order valence-corrected chi connectivity index (χ1v) is 40.4. The molecule has 3 aromatic rings. The molecule has 0 radical (unpaired) electrons. The molecule has 0 saturated carbocycles. The highest BCUT2D eigenvalue weighted by Crippen LogP contribution is 2.32. The number of carbonyl (C=O) groups excluding carboxylic acids is 12. The zero-order valence-corrected chi connectivity index (χ0v) is 71.2. The number of benzene rings is 2. The van der Waals surface area contributed by atoms with Crippen molar-refractivity contribution in [3.63, 3.8) is 0 Å². The Morgan fingerprint density at radius 2 is 1.31 bits per heavy atom. The molecule has 1 saturated heterocycles. The van der Waals surface area contributed by atoms with Gasteiger partial charge in [0.1, 0.15) is 34.7 Å². The molecule has 29 nitrogen and oxygen atoms in total. The fourth-order valence-electron chi connectivity index (χ4n) is 13.2. The first-order valence-electron chi connectivity index (χ1n) is 39.6. The van der Waals surface area contributed by atoms with Crippen molar-refractivity contribution in [2.24, 2.45) is 34.8 Å². The molecule has 30 heteroatoms. The van der Waals surface area contributed by atoms with Gasteiger partial charge in [-0.1, -0.05) is 131 Å². The van der Waals surface area contributed by atoms with E-state index in [1.807, 2.05) is 131 Å². The van der Waals surface area contributed by atoms with E-state index in [1.165, 1.54) is 32.3 Å². The van der Waals surface area contributed by atoms with Crippen LogP contribution in [-0.2, 0) is 68.6 Å². The number of likely N-dealkylation sites (tertiary alicyclic amines) is 1. The summed E-state index contributed by atoms with van der Waals surface area (Å²) < 4.78 is 17.0. The van der Waals surface area contributed by atoms with Crippen molar-refractivity contribution in [1.29, 1.82) is 0 Å². The Kier molecular flexibility index (Phi) is 41.7. The summed E-state index contributed by atoms with van der Waals surface area (Å²) in [5, 5.41) is 31.1. The van der Waals surface area contributed by atoms with Gasteiger partial charge in [0, 0.05) is 82.0 Å². The minimum atomic E-state index is -1.36. The van der Waals surface area contributed by atoms with E-state index in [4.69, 9.17) is 19.9 Å². The number of ether oxygens (including phenoxy) is 3. The highest BCUT2D eigenvalue weighted by Gasteiger charge is 2.45. The fraction of sp³-hybridized carbons (Fsp3) is 0.671. The van der Waals surface area contributed by atoms with Crippen molar-refractivity contribution in [2.75, 3.05) is 52.8 Å². The average Bonchev–Trinajstić information content (AvgIpc) is 1.38. The SMILES string of the molecule is CCC(=O)N[C@@H](CCCCNC(=O)CC[C@@H](NC(C)(C)C)C(=O)C(C)(C)C)C(=O)N[C@H](C(=O)N[C@@H](CCCNC(N)=O)C(=O)Nc1ccc(C)cc1)C(C)C.CCOC(=O)NC(C)(C)C(=O)N[C@H](C(=O)N(C)[C@@H]([C@@H](C)CC)[C@@H](CC(=O)N1CCC[C@H]1[C@H](OC)[C@@H](C)C(=O)N[C@@H](Cc1ccccc1)c1nccs1)OC)C(C)C. The summed E-state index contributed by atoms with van der Waals surface area (Å²) in [5.41, 5.74) is 5.59. The van der Waals surface area contributed by atoms with Crippen LogP contribution in [0.15, 0.2) is 66.2 Å². The molecule has 1 aliphatic rings. The van der Waals surface area contributed by atoms with E-state index < -0.39 is 101 Å². The van der Waals surface area contributed by atoms with Crippen LogP contribution >= 0.6 is 11.3 Å². The number of amides is 12. The second-order valence-electron chi connectivity index (χ2n) is 32.4. The number of Topliss-reactive ketones (excluding diaryl/α,β-unsaturated/α-hetero) is 1. The molecule has 1 aliphatic heterocycles. The van der Waals surface area contributed by atoms with Crippen LogP contribution in [0.3, 0.4) is 0 Å². The zero-order valence-electron chi connectivity index (χ0n) is 70.4.